The van der Waals surface area contributed by atoms with Crippen LogP contribution in [-0.4, -0.2) is 22.4 Å². The average molecular weight is 341 g/mol. The zero-order valence-electron chi connectivity index (χ0n) is 12.3. The number of amides is 2. The third-order valence-corrected chi connectivity index (χ3v) is 3.77. The molecule has 2 N–H and O–H groups in total. The van der Waals surface area contributed by atoms with Gasteiger partial charge in [0, 0.05) is 18.8 Å². The van der Waals surface area contributed by atoms with Gasteiger partial charge in [-0.3, -0.25) is 10.00 Å². The van der Waals surface area contributed by atoms with E-state index in [1.54, 1.807) is 29.1 Å². The minimum atomic E-state index is -0.242. The van der Waals surface area contributed by atoms with Gasteiger partial charge in [0.15, 0.2) is 5.82 Å². The van der Waals surface area contributed by atoms with Gasteiger partial charge in [0.05, 0.1) is 16.6 Å². The number of urea groups is 1. The van der Waals surface area contributed by atoms with E-state index in [0.29, 0.717) is 29.0 Å². The second-order valence-electron chi connectivity index (χ2n) is 4.88. The highest BCUT2D eigenvalue weighted by atomic mass is 35.5. The summed E-state index contributed by atoms with van der Waals surface area (Å²) in [6.07, 6.45) is 3.79. The molecule has 0 saturated carbocycles. The number of carbonyl (C=O) groups is 1. The molecule has 0 aliphatic heterocycles. The Balaban J connectivity index is 1.90. The number of unbranched alkanes of at least 4 members (excludes halogenated alkanes) is 1. The molecule has 0 spiro atoms. The first kappa shape index (κ1) is 16.6. The molecular weight excluding hydrogens is 323 g/mol. The summed E-state index contributed by atoms with van der Waals surface area (Å²) in [5, 5.41) is 10.8. The van der Waals surface area contributed by atoms with Crippen molar-refractivity contribution in [1.82, 2.24) is 15.1 Å². The van der Waals surface area contributed by atoms with Crippen molar-refractivity contribution in [3.63, 3.8) is 0 Å². The van der Waals surface area contributed by atoms with Crippen molar-refractivity contribution in [2.24, 2.45) is 0 Å². The van der Waals surface area contributed by atoms with Gasteiger partial charge in [-0.25, -0.2) is 4.79 Å². The second kappa shape index (κ2) is 8.06. The maximum atomic E-state index is 11.6. The number of rotatable bonds is 6. The van der Waals surface area contributed by atoms with Crippen molar-refractivity contribution in [1.29, 1.82) is 0 Å². The van der Waals surface area contributed by atoms with Gasteiger partial charge >= 0.3 is 6.03 Å². The van der Waals surface area contributed by atoms with Crippen LogP contribution in [0, 0.1) is 0 Å². The summed E-state index contributed by atoms with van der Waals surface area (Å²) < 4.78 is 1.72. The molecule has 0 radical (unpaired) electrons. The summed E-state index contributed by atoms with van der Waals surface area (Å²) in [5.41, 5.74) is 0.983. The van der Waals surface area contributed by atoms with E-state index in [9.17, 15) is 4.79 Å². The van der Waals surface area contributed by atoms with Gasteiger partial charge < -0.3 is 5.32 Å². The molecule has 2 amide bonds. The molecule has 0 aliphatic rings. The van der Waals surface area contributed by atoms with Crippen molar-refractivity contribution in [3.8, 4) is 0 Å². The van der Waals surface area contributed by atoms with E-state index in [1.165, 1.54) is 0 Å². The third kappa shape index (κ3) is 4.93. The molecule has 0 bridgehead atoms. The quantitative estimate of drug-likeness (QED) is 0.775. The lowest BCUT2D eigenvalue weighted by Crippen LogP contribution is -2.29. The lowest BCUT2D eigenvalue weighted by molar-refractivity contribution is 0.252. The molecule has 1 aromatic carbocycles. The Bertz CT molecular complexity index is 642. The lowest BCUT2D eigenvalue weighted by atomic mass is 10.2. The first-order valence-corrected chi connectivity index (χ1v) is 7.86. The summed E-state index contributed by atoms with van der Waals surface area (Å²) >= 11 is 11.9. The number of benzene rings is 1. The van der Waals surface area contributed by atoms with Crippen molar-refractivity contribution >= 4 is 35.1 Å². The molecule has 5 nitrogen and oxygen atoms in total. The summed E-state index contributed by atoms with van der Waals surface area (Å²) in [7, 11) is 0. The monoisotopic (exact) mass is 340 g/mol. The van der Waals surface area contributed by atoms with E-state index in [1.807, 2.05) is 6.07 Å². The van der Waals surface area contributed by atoms with Gasteiger partial charge in [0.2, 0.25) is 0 Å². The molecule has 118 valence electrons. The SMILES string of the molecule is CCCCNC(=O)Nc1ccn(Cc2ccc(Cl)c(Cl)c2)n1. The van der Waals surface area contributed by atoms with Crippen LogP contribution in [0.4, 0.5) is 10.6 Å². The smallest absolute Gasteiger partial charge is 0.320 e. The molecule has 0 aliphatic carbocycles. The van der Waals surface area contributed by atoms with Crippen LogP contribution < -0.4 is 10.6 Å². The topological polar surface area (TPSA) is 59.0 Å². The predicted molar refractivity (Wildman–Crippen MR) is 89.7 cm³/mol. The van der Waals surface area contributed by atoms with Crippen LogP contribution in [0.2, 0.25) is 10.0 Å². The van der Waals surface area contributed by atoms with Crippen LogP contribution in [0.15, 0.2) is 30.5 Å². The largest absolute Gasteiger partial charge is 0.338 e. The van der Waals surface area contributed by atoms with E-state index in [2.05, 4.69) is 22.7 Å². The number of carbonyl (C=O) groups excluding carboxylic acids is 1. The summed E-state index contributed by atoms with van der Waals surface area (Å²) in [5.74, 6) is 0.508. The number of hydrogen-bond acceptors (Lipinski definition) is 2. The van der Waals surface area contributed by atoms with Crippen molar-refractivity contribution < 1.29 is 4.79 Å². The molecule has 0 unspecified atom stereocenters. The number of nitrogens with one attached hydrogen (secondary N) is 2. The number of hydrogen-bond donors (Lipinski definition) is 2. The van der Waals surface area contributed by atoms with Crippen molar-refractivity contribution in [2.75, 3.05) is 11.9 Å². The summed E-state index contributed by atoms with van der Waals surface area (Å²) in [6, 6.07) is 6.95. The Kier molecular flexibility index (Phi) is 6.10. The zero-order chi connectivity index (χ0) is 15.9. The van der Waals surface area contributed by atoms with Gasteiger partial charge in [-0.15, -0.1) is 0 Å². The molecule has 0 fully saturated rings. The zero-order valence-corrected chi connectivity index (χ0v) is 13.8. The molecule has 2 rings (SSSR count). The van der Waals surface area contributed by atoms with E-state index in [4.69, 9.17) is 23.2 Å². The predicted octanol–water partition coefficient (Wildman–Crippen LogP) is 4.16. The minimum absolute atomic E-state index is 0.242. The summed E-state index contributed by atoms with van der Waals surface area (Å²) in [6.45, 7) is 3.28. The molecule has 1 heterocycles. The number of nitrogens with zero attached hydrogens (tertiary/aromatic N) is 2. The van der Waals surface area contributed by atoms with Crippen molar-refractivity contribution in [2.45, 2.75) is 26.3 Å². The van der Waals surface area contributed by atoms with Crippen LogP contribution in [0.3, 0.4) is 0 Å². The molecule has 22 heavy (non-hydrogen) atoms. The average Bonchev–Trinajstić information content (AvgIpc) is 2.90. The van der Waals surface area contributed by atoms with E-state index in [0.717, 1.165) is 18.4 Å². The maximum absolute atomic E-state index is 11.6. The van der Waals surface area contributed by atoms with Gasteiger partial charge in [-0.1, -0.05) is 42.6 Å². The Morgan fingerprint density at radius 2 is 2.09 bits per heavy atom. The molecule has 0 atom stereocenters. The lowest BCUT2D eigenvalue weighted by Gasteiger charge is -2.05. The molecular formula is C15H18Cl2N4O. The highest BCUT2D eigenvalue weighted by Crippen LogP contribution is 2.23. The van der Waals surface area contributed by atoms with Crippen LogP contribution >= 0.6 is 23.2 Å². The highest BCUT2D eigenvalue weighted by molar-refractivity contribution is 6.42. The van der Waals surface area contributed by atoms with Crippen molar-refractivity contribution in [3.05, 3.63) is 46.1 Å². The number of aromatic nitrogens is 2. The second-order valence-corrected chi connectivity index (χ2v) is 5.70. The number of anilines is 1. The summed E-state index contributed by atoms with van der Waals surface area (Å²) in [4.78, 5) is 11.6. The Morgan fingerprint density at radius 3 is 2.82 bits per heavy atom. The third-order valence-electron chi connectivity index (χ3n) is 3.03. The Hall–Kier alpha value is -1.72. The molecule has 1 aromatic heterocycles. The standard InChI is InChI=1S/C15H18Cl2N4O/c1-2-3-7-18-15(22)19-14-6-8-21(20-14)10-11-4-5-12(16)13(17)9-11/h4-6,8-9H,2-3,7,10H2,1H3,(H2,18,19,20,22). The Morgan fingerprint density at radius 1 is 1.27 bits per heavy atom. The fourth-order valence-electron chi connectivity index (χ4n) is 1.88. The fraction of sp³-hybridized carbons (Fsp3) is 0.333. The van der Waals surface area contributed by atoms with E-state index >= 15 is 0 Å². The van der Waals surface area contributed by atoms with Gasteiger partial charge in [-0.2, -0.15) is 5.10 Å². The fourth-order valence-corrected chi connectivity index (χ4v) is 2.20. The van der Waals surface area contributed by atoms with Crippen LogP contribution in [-0.2, 0) is 6.54 Å². The first-order chi connectivity index (χ1) is 10.6. The molecule has 7 heteroatoms. The van der Waals surface area contributed by atoms with Gasteiger partial charge in [0.25, 0.3) is 0 Å². The highest BCUT2D eigenvalue weighted by Gasteiger charge is 2.05. The van der Waals surface area contributed by atoms with Gasteiger partial charge in [0.1, 0.15) is 0 Å². The van der Waals surface area contributed by atoms with Crippen LogP contribution in [0.5, 0.6) is 0 Å². The molecule has 0 saturated heterocycles. The first-order valence-electron chi connectivity index (χ1n) is 7.10. The number of halogens is 2. The normalized spacial score (nSPS) is 10.5. The maximum Gasteiger partial charge on any atom is 0.320 e. The molecule has 2 aromatic rings. The van der Waals surface area contributed by atoms with E-state index in [-0.39, 0.29) is 6.03 Å². The Labute approximate surface area is 139 Å². The van der Waals surface area contributed by atoms with Crippen LogP contribution in [0.1, 0.15) is 25.3 Å². The van der Waals surface area contributed by atoms with E-state index < -0.39 is 0 Å². The minimum Gasteiger partial charge on any atom is -0.338 e. The van der Waals surface area contributed by atoms with Crippen LogP contribution in [0.25, 0.3) is 0 Å². The van der Waals surface area contributed by atoms with Gasteiger partial charge in [-0.05, 0) is 24.1 Å².